The Labute approximate surface area is 152 Å². The first-order valence-corrected chi connectivity index (χ1v) is 7.52. The first kappa shape index (κ1) is 18.5. The van der Waals surface area contributed by atoms with Crippen molar-refractivity contribution in [2.75, 3.05) is 25.6 Å². The van der Waals surface area contributed by atoms with Gasteiger partial charge in [-0.3, -0.25) is 0 Å². The lowest BCUT2D eigenvalue weighted by atomic mass is 10.2. The number of hydrogen-bond donors (Lipinski definition) is 1. The van der Waals surface area contributed by atoms with Gasteiger partial charge < -0.3 is 14.8 Å². The Morgan fingerprint density at radius 1 is 1.08 bits per heavy atom. The van der Waals surface area contributed by atoms with Crippen LogP contribution in [0.2, 0.25) is 0 Å². The minimum atomic E-state index is 0. The summed E-state index contributed by atoms with van der Waals surface area (Å²) in [5, 5.41) is 4.20. The topological polar surface area (TPSA) is 56.3 Å². The molecule has 1 aromatic heterocycles. The fourth-order valence-corrected chi connectivity index (χ4v) is 2.25. The number of ether oxygens (including phenoxy) is 2. The minimum Gasteiger partial charge on any atom is -0.461 e. The lowest BCUT2D eigenvalue weighted by Gasteiger charge is -2.11. The van der Waals surface area contributed by atoms with Crippen LogP contribution in [0.25, 0.3) is 10.9 Å². The second kappa shape index (κ2) is 8.88. The second-order valence-corrected chi connectivity index (χ2v) is 5.06. The molecule has 128 valence electrons. The molecule has 0 fully saturated rings. The number of terminal acetylenes is 1. The summed E-state index contributed by atoms with van der Waals surface area (Å²) in [6.45, 7) is 0.865. The smallest absolute Gasteiger partial charge is 0.319 e. The Morgan fingerprint density at radius 3 is 2.72 bits per heavy atom. The largest absolute Gasteiger partial charge is 0.461 e. The molecule has 1 heterocycles. The molecule has 0 aliphatic rings. The maximum Gasteiger partial charge on any atom is 0.319 e. The lowest BCUT2D eigenvalue weighted by Crippen LogP contribution is -2.08. The Kier molecular flexibility index (Phi) is 6.58. The highest BCUT2D eigenvalue weighted by molar-refractivity contribution is 5.91. The number of halogens is 1. The molecule has 0 amide bonds. The molecule has 3 aromatic rings. The van der Waals surface area contributed by atoms with Crippen LogP contribution in [0.4, 0.5) is 11.5 Å². The molecule has 0 radical (unpaired) electrons. The Morgan fingerprint density at radius 2 is 1.92 bits per heavy atom. The van der Waals surface area contributed by atoms with Gasteiger partial charge in [-0.05, 0) is 30.3 Å². The maximum atomic E-state index is 5.56. The number of nitrogens with one attached hydrogen (secondary N) is 1. The van der Waals surface area contributed by atoms with Crippen LogP contribution in [0.15, 0.2) is 48.5 Å². The summed E-state index contributed by atoms with van der Waals surface area (Å²) in [6.07, 6.45) is 5.46. The summed E-state index contributed by atoms with van der Waals surface area (Å²) in [6, 6.07) is 15.7. The maximum absolute atomic E-state index is 5.56. The first-order valence-electron chi connectivity index (χ1n) is 7.52. The Hall–Kier alpha value is -2.81. The van der Waals surface area contributed by atoms with Crippen LogP contribution in [-0.2, 0) is 4.74 Å². The third-order valence-electron chi connectivity index (χ3n) is 3.39. The SMILES string of the molecule is C#Cc1cccc(Nc2nc(OCCOC)nc3ccccc23)c1.Cl. The summed E-state index contributed by atoms with van der Waals surface area (Å²) >= 11 is 0. The van der Waals surface area contributed by atoms with Crippen LogP contribution in [0.1, 0.15) is 5.56 Å². The number of nitrogens with zero attached hydrogens (tertiary/aromatic N) is 2. The number of methoxy groups -OCH3 is 1. The Bertz CT molecular complexity index is 893. The van der Waals surface area contributed by atoms with E-state index in [1.54, 1.807) is 7.11 Å². The van der Waals surface area contributed by atoms with Crippen LogP contribution < -0.4 is 10.1 Å². The van der Waals surface area contributed by atoms with Crippen LogP contribution in [0.5, 0.6) is 6.01 Å². The van der Waals surface area contributed by atoms with Crippen molar-refractivity contribution in [3.8, 4) is 18.4 Å². The molecule has 0 saturated carbocycles. The van der Waals surface area contributed by atoms with Gasteiger partial charge in [-0.2, -0.15) is 9.97 Å². The first-order chi connectivity index (χ1) is 11.8. The molecule has 0 aliphatic carbocycles. The molecule has 0 atom stereocenters. The van der Waals surface area contributed by atoms with Crippen molar-refractivity contribution in [2.24, 2.45) is 0 Å². The fraction of sp³-hybridized carbons (Fsp3) is 0.158. The minimum absolute atomic E-state index is 0. The number of rotatable bonds is 6. The number of fused-ring (bicyclic) bond motifs is 1. The van der Waals surface area contributed by atoms with Crippen molar-refractivity contribution in [1.82, 2.24) is 9.97 Å². The molecule has 3 rings (SSSR count). The van der Waals surface area contributed by atoms with Gasteiger partial charge in [-0.15, -0.1) is 18.8 Å². The quantitative estimate of drug-likeness (QED) is 0.538. The van der Waals surface area contributed by atoms with Crippen molar-refractivity contribution in [3.05, 3.63) is 54.1 Å². The molecule has 25 heavy (non-hydrogen) atoms. The number of hydrogen-bond acceptors (Lipinski definition) is 5. The van der Waals surface area contributed by atoms with Gasteiger partial charge >= 0.3 is 6.01 Å². The third kappa shape index (κ3) is 4.60. The van der Waals surface area contributed by atoms with E-state index in [-0.39, 0.29) is 12.4 Å². The van der Waals surface area contributed by atoms with Gasteiger partial charge in [-0.1, -0.05) is 24.1 Å². The number of anilines is 2. The highest BCUT2D eigenvalue weighted by atomic mass is 35.5. The van der Waals surface area contributed by atoms with E-state index in [0.29, 0.717) is 25.0 Å². The van der Waals surface area contributed by atoms with Crippen molar-refractivity contribution >= 4 is 34.8 Å². The zero-order valence-electron chi connectivity index (χ0n) is 13.7. The predicted octanol–water partition coefficient (Wildman–Crippen LogP) is 3.80. The van der Waals surface area contributed by atoms with E-state index in [1.165, 1.54) is 0 Å². The zero-order valence-corrected chi connectivity index (χ0v) is 14.5. The van der Waals surface area contributed by atoms with Gasteiger partial charge in [0, 0.05) is 23.7 Å². The molecule has 0 saturated heterocycles. The summed E-state index contributed by atoms with van der Waals surface area (Å²) < 4.78 is 10.5. The van der Waals surface area contributed by atoms with Crippen molar-refractivity contribution in [3.63, 3.8) is 0 Å². The fourth-order valence-electron chi connectivity index (χ4n) is 2.25. The molecule has 5 nitrogen and oxygen atoms in total. The molecule has 2 aromatic carbocycles. The summed E-state index contributed by atoms with van der Waals surface area (Å²) in [4.78, 5) is 8.89. The van der Waals surface area contributed by atoms with Crippen LogP contribution in [-0.4, -0.2) is 30.3 Å². The van der Waals surface area contributed by atoms with Gasteiger partial charge in [0.05, 0.1) is 12.1 Å². The molecular formula is C19H18ClN3O2. The number of benzene rings is 2. The van der Waals surface area contributed by atoms with Crippen molar-refractivity contribution < 1.29 is 9.47 Å². The van der Waals surface area contributed by atoms with Gasteiger partial charge in [0.2, 0.25) is 0 Å². The second-order valence-electron chi connectivity index (χ2n) is 5.06. The van der Waals surface area contributed by atoms with Gasteiger partial charge in [0.1, 0.15) is 12.4 Å². The van der Waals surface area contributed by atoms with Crippen molar-refractivity contribution in [2.45, 2.75) is 0 Å². The predicted molar refractivity (Wildman–Crippen MR) is 102 cm³/mol. The van der Waals surface area contributed by atoms with E-state index in [0.717, 1.165) is 22.2 Å². The lowest BCUT2D eigenvalue weighted by molar-refractivity contribution is 0.141. The highest BCUT2D eigenvalue weighted by Crippen LogP contribution is 2.26. The van der Waals surface area contributed by atoms with Gasteiger partial charge in [-0.25, -0.2) is 0 Å². The monoisotopic (exact) mass is 355 g/mol. The van der Waals surface area contributed by atoms with E-state index in [2.05, 4.69) is 21.2 Å². The van der Waals surface area contributed by atoms with E-state index in [9.17, 15) is 0 Å². The summed E-state index contributed by atoms with van der Waals surface area (Å²) in [5.74, 6) is 3.29. The Balaban J connectivity index is 0.00000225. The summed E-state index contributed by atoms with van der Waals surface area (Å²) in [7, 11) is 1.62. The van der Waals surface area contributed by atoms with Crippen molar-refractivity contribution in [1.29, 1.82) is 0 Å². The standard InChI is InChI=1S/C19H17N3O2.ClH/c1-3-14-7-6-8-15(13-14)20-18-16-9-4-5-10-17(16)21-19(22-18)24-12-11-23-2;/h1,4-10,13H,11-12H2,2H3,(H,20,21,22);1H. The number of aromatic nitrogens is 2. The van der Waals surface area contributed by atoms with Gasteiger partial charge in [0.15, 0.2) is 0 Å². The molecular weight excluding hydrogens is 338 g/mol. The van der Waals surface area contributed by atoms with Crippen LogP contribution in [0, 0.1) is 12.3 Å². The average Bonchev–Trinajstić information content (AvgIpc) is 2.62. The molecule has 0 aliphatic heterocycles. The van der Waals surface area contributed by atoms with E-state index < -0.39 is 0 Å². The number of para-hydroxylation sites is 1. The van der Waals surface area contributed by atoms with Crippen LogP contribution in [0.3, 0.4) is 0 Å². The molecule has 1 N–H and O–H groups in total. The summed E-state index contributed by atoms with van der Waals surface area (Å²) in [5.41, 5.74) is 2.46. The van der Waals surface area contributed by atoms with E-state index >= 15 is 0 Å². The molecule has 0 unspecified atom stereocenters. The zero-order chi connectivity index (χ0) is 16.8. The van der Waals surface area contributed by atoms with Crippen LogP contribution >= 0.6 is 12.4 Å². The molecule has 0 bridgehead atoms. The highest BCUT2D eigenvalue weighted by Gasteiger charge is 2.09. The van der Waals surface area contributed by atoms with E-state index in [1.807, 2.05) is 48.5 Å². The molecule has 6 heteroatoms. The van der Waals surface area contributed by atoms with E-state index in [4.69, 9.17) is 15.9 Å². The normalized spacial score (nSPS) is 9.92. The third-order valence-corrected chi connectivity index (χ3v) is 3.39. The average molecular weight is 356 g/mol. The van der Waals surface area contributed by atoms with Gasteiger partial charge in [0.25, 0.3) is 0 Å². The molecule has 0 spiro atoms.